The molecule has 6 nitrogen and oxygen atoms in total. The molecule has 3 rings (SSSR count). The smallest absolute Gasteiger partial charge is 0.251 e. The van der Waals surface area contributed by atoms with Gasteiger partial charge in [0.05, 0.1) is 6.54 Å². The Morgan fingerprint density at radius 3 is 2.14 bits per heavy atom. The molecule has 148 valence electrons. The highest BCUT2D eigenvalue weighted by molar-refractivity contribution is 5.96. The molecule has 0 spiro atoms. The molecule has 0 bridgehead atoms. The first-order valence-electron chi connectivity index (χ1n) is 9.27. The van der Waals surface area contributed by atoms with E-state index in [2.05, 4.69) is 16.0 Å². The van der Waals surface area contributed by atoms with Crippen LogP contribution in [0.15, 0.2) is 78.9 Å². The Kier molecular flexibility index (Phi) is 6.84. The van der Waals surface area contributed by atoms with Gasteiger partial charge in [0.1, 0.15) is 12.4 Å². The second kappa shape index (κ2) is 9.94. The van der Waals surface area contributed by atoms with Gasteiger partial charge in [-0.2, -0.15) is 0 Å². The number of amides is 2. The molecule has 3 N–H and O–H groups in total. The monoisotopic (exact) mass is 389 g/mol. The lowest BCUT2D eigenvalue weighted by molar-refractivity contribution is -0.114. The zero-order chi connectivity index (χ0) is 20.5. The summed E-state index contributed by atoms with van der Waals surface area (Å²) >= 11 is 0. The maximum Gasteiger partial charge on any atom is 0.251 e. The number of rotatable bonds is 8. The summed E-state index contributed by atoms with van der Waals surface area (Å²) < 4.78 is 5.75. The van der Waals surface area contributed by atoms with Gasteiger partial charge >= 0.3 is 0 Å². The Hall–Kier alpha value is -3.80. The standard InChI is InChI=1S/C23H23N3O3/c1-24-23(28)18-7-9-20(10-8-18)26-22(27)15-25-19-11-13-21(14-12-19)29-16-17-5-3-2-4-6-17/h2-14,25H,15-16H2,1H3,(H,24,28)(H,26,27). The van der Waals surface area contributed by atoms with Crippen LogP contribution in [0.1, 0.15) is 15.9 Å². The van der Waals surface area contributed by atoms with Crippen molar-refractivity contribution >= 4 is 23.2 Å². The summed E-state index contributed by atoms with van der Waals surface area (Å²) in [5.74, 6) is 0.419. The number of hydrogen-bond acceptors (Lipinski definition) is 4. The fourth-order valence-electron chi connectivity index (χ4n) is 2.65. The van der Waals surface area contributed by atoms with Gasteiger partial charge in [0.15, 0.2) is 0 Å². The van der Waals surface area contributed by atoms with Crippen LogP contribution in [0.25, 0.3) is 0 Å². The predicted molar refractivity (Wildman–Crippen MR) is 114 cm³/mol. The molecular formula is C23H23N3O3. The molecule has 0 unspecified atom stereocenters. The van der Waals surface area contributed by atoms with E-state index in [9.17, 15) is 9.59 Å². The lowest BCUT2D eigenvalue weighted by Gasteiger charge is -2.10. The summed E-state index contributed by atoms with van der Waals surface area (Å²) in [4.78, 5) is 23.6. The van der Waals surface area contributed by atoms with Crippen molar-refractivity contribution in [2.45, 2.75) is 6.61 Å². The maximum absolute atomic E-state index is 12.1. The highest BCUT2D eigenvalue weighted by Crippen LogP contribution is 2.17. The summed E-state index contributed by atoms with van der Waals surface area (Å²) in [5, 5.41) is 8.42. The van der Waals surface area contributed by atoms with Gasteiger partial charge in [-0.05, 0) is 54.1 Å². The Bertz CT molecular complexity index is 939. The van der Waals surface area contributed by atoms with E-state index in [0.29, 0.717) is 17.9 Å². The van der Waals surface area contributed by atoms with Crippen LogP contribution < -0.4 is 20.7 Å². The molecule has 0 atom stereocenters. The molecule has 29 heavy (non-hydrogen) atoms. The molecule has 3 aromatic carbocycles. The molecule has 0 radical (unpaired) electrons. The van der Waals surface area contributed by atoms with E-state index in [0.717, 1.165) is 17.0 Å². The van der Waals surface area contributed by atoms with Crippen LogP contribution in [-0.2, 0) is 11.4 Å². The third kappa shape index (κ3) is 6.10. The minimum absolute atomic E-state index is 0.126. The van der Waals surface area contributed by atoms with Crippen LogP contribution in [0.3, 0.4) is 0 Å². The van der Waals surface area contributed by atoms with Gasteiger partial charge in [0, 0.05) is 24.0 Å². The first-order chi connectivity index (χ1) is 14.1. The zero-order valence-corrected chi connectivity index (χ0v) is 16.1. The predicted octanol–water partition coefficient (Wildman–Crippen LogP) is 3.68. The van der Waals surface area contributed by atoms with Crippen molar-refractivity contribution in [2.75, 3.05) is 24.2 Å². The Morgan fingerprint density at radius 1 is 0.828 bits per heavy atom. The lowest BCUT2D eigenvalue weighted by Crippen LogP contribution is -2.22. The van der Waals surface area contributed by atoms with Gasteiger partial charge in [-0.3, -0.25) is 9.59 Å². The SMILES string of the molecule is CNC(=O)c1ccc(NC(=O)CNc2ccc(OCc3ccccc3)cc2)cc1. The second-order valence-electron chi connectivity index (χ2n) is 6.36. The molecule has 3 aromatic rings. The number of carbonyl (C=O) groups is 2. The number of nitrogens with one attached hydrogen (secondary N) is 3. The zero-order valence-electron chi connectivity index (χ0n) is 16.1. The first kappa shape index (κ1) is 19.9. The summed E-state index contributed by atoms with van der Waals surface area (Å²) in [5.41, 5.74) is 3.10. The number of anilines is 2. The largest absolute Gasteiger partial charge is 0.489 e. The molecule has 0 aliphatic heterocycles. The summed E-state index contributed by atoms with van der Waals surface area (Å²) in [7, 11) is 1.58. The molecule has 0 saturated carbocycles. The second-order valence-corrected chi connectivity index (χ2v) is 6.36. The van der Waals surface area contributed by atoms with Gasteiger partial charge in [-0.1, -0.05) is 30.3 Å². The highest BCUT2D eigenvalue weighted by atomic mass is 16.5. The van der Waals surface area contributed by atoms with Gasteiger partial charge in [-0.25, -0.2) is 0 Å². The summed E-state index contributed by atoms with van der Waals surface area (Å²) in [6.45, 7) is 0.635. The molecule has 0 saturated heterocycles. The third-order valence-corrected chi connectivity index (χ3v) is 4.21. The van der Waals surface area contributed by atoms with Crippen LogP contribution in [0.4, 0.5) is 11.4 Å². The maximum atomic E-state index is 12.1. The van der Waals surface area contributed by atoms with E-state index in [1.165, 1.54) is 0 Å². The van der Waals surface area contributed by atoms with Gasteiger partial charge in [-0.15, -0.1) is 0 Å². The molecule has 0 heterocycles. The van der Waals surface area contributed by atoms with E-state index in [-0.39, 0.29) is 18.4 Å². The first-order valence-corrected chi connectivity index (χ1v) is 9.27. The van der Waals surface area contributed by atoms with Gasteiger partial charge < -0.3 is 20.7 Å². The minimum atomic E-state index is -0.179. The number of benzene rings is 3. The highest BCUT2D eigenvalue weighted by Gasteiger charge is 2.05. The average molecular weight is 389 g/mol. The van der Waals surface area contributed by atoms with E-state index in [1.54, 1.807) is 31.3 Å². The Morgan fingerprint density at radius 2 is 1.48 bits per heavy atom. The average Bonchev–Trinajstić information content (AvgIpc) is 2.77. The van der Waals surface area contributed by atoms with Crippen molar-refractivity contribution in [3.05, 3.63) is 90.0 Å². The van der Waals surface area contributed by atoms with Crippen molar-refractivity contribution in [1.29, 1.82) is 0 Å². The minimum Gasteiger partial charge on any atom is -0.489 e. The van der Waals surface area contributed by atoms with Crippen LogP contribution in [0.2, 0.25) is 0 Å². The molecule has 0 fully saturated rings. The van der Waals surface area contributed by atoms with Gasteiger partial charge in [0.25, 0.3) is 5.91 Å². The molecular weight excluding hydrogens is 366 g/mol. The Balaban J connectivity index is 1.44. The van der Waals surface area contributed by atoms with E-state index in [4.69, 9.17) is 4.74 Å². The van der Waals surface area contributed by atoms with Crippen molar-refractivity contribution < 1.29 is 14.3 Å². The number of ether oxygens (including phenoxy) is 1. The van der Waals surface area contributed by atoms with Crippen LogP contribution in [0.5, 0.6) is 5.75 Å². The Labute approximate surface area is 169 Å². The number of carbonyl (C=O) groups excluding carboxylic acids is 2. The van der Waals surface area contributed by atoms with Crippen molar-refractivity contribution in [2.24, 2.45) is 0 Å². The molecule has 6 heteroatoms. The van der Waals surface area contributed by atoms with Gasteiger partial charge in [0.2, 0.25) is 5.91 Å². The molecule has 0 aliphatic carbocycles. The topological polar surface area (TPSA) is 79.5 Å². The van der Waals surface area contributed by atoms with E-state index >= 15 is 0 Å². The number of hydrogen-bond donors (Lipinski definition) is 3. The normalized spacial score (nSPS) is 10.1. The van der Waals surface area contributed by atoms with E-state index < -0.39 is 0 Å². The summed E-state index contributed by atoms with van der Waals surface area (Å²) in [6, 6.07) is 24.1. The molecule has 2 amide bonds. The van der Waals surface area contributed by atoms with Crippen molar-refractivity contribution in [1.82, 2.24) is 5.32 Å². The van der Waals surface area contributed by atoms with Crippen LogP contribution in [0, 0.1) is 0 Å². The molecule has 0 aliphatic rings. The lowest BCUT2D eigenvalue weighted by atomic mass is 10.2. The van der Waals surface area contributed by atoms with Crippen LogP contribution in [-0.4, -0.2) is 25.4 Å². The summed E-state index contributed by atoms with van der Waals surface area (Å²) in [6.07, 6.45) is 0. The molecule has 0 aromatic heterocycles. The fourth-order valence-corrected chi connectivity index (χ4v) is 2.65. The van der Waals surface area contributed by atoms with Crippen LogP contribution >= 0.6 is 0 Å². The quantitative estimate of drug-likeness (QED) is 0.549. The van der Waals surface area contributed by atoms with Crippen molar-refractivity contribution in [3.8, 4) is 5.75 Å². The van der Waals surface area contributed by atoms with E-state index in [1.807, 2.05) is 54.6 Å². The van der Waals surface area contributed by atoms with Crippen molar-refractivity contribution in [3.63, 3.8) is 0 Å². The fraction of sp³-hybridized carbons (Fsp3) is 0.130. The third-order valence-electron chi connectivity index (χ3n) is 4.21.